The maximum atomic E-state index is 11.7. The van der Waals surface area contributed by atoms with E-state index < -0.39 is 0 Å². The van der Waals surface area contributed by atoms with Gasteiger partial charge in [0, 0.05) is 23.8 Å². The number of ether oxygens (including phenoxy) is 3. The van der Waals surface area contributed by atoms with Gasteiger partial charge in [-0.1, -0.05) is 12.1 Å². The van der Waals surface area contributed by atoms with Crippen molar-refractivity contribution >= 4 is 11.7 Å². The Kier molecular flexibility index (Phi) is 4.55. The zero-order valence-corrected chi connectivity index (χ0v) is 15.0. The third-order valence-corrected chi connectivity index (χ3v) is 5.36. The lowest BCUT2D eigenvalue weighted by Crippen LogP contribution is -2.36. The van der Waals surface area contributed by atoms with Crippen molar-refractivity contribution in [3.8, 4) is 5.75 Å². The number of nitrogens with one attached hydrogen (secondary N) is 1. The third-order valence-electron chi connectivity index (χ3n) is 5.36. The number of anilines is 1. The van der Waals surface area contributed by atoms with Gasteiger partial charge in [-0.15, -0.1) is 0 Å². The lowest BCUT2D eigenvalue weighted by Gasteiger charge is -2.43. The Labute approximate surface area is 153 Å². The number of fused-ring (bicyclic) bond motifs is 3. The van der Waals surface area contributed by atoms with Gasteiger partial charge >= 0.3 is 5.97 Å². The van der Waals surface area contributed by atoms with Gasteiger partial charge in [0.2, 0.25) is 0 Å². The van der Waals surface area contributed by atoms with Crippen LogP contribution in [-0.4, -0.2) is 26.8 Å². The van der Waals surface area contributed by atoms with E-state index in [1.165, 1.54) is 7.11 Å². The molecule has 1 saturated heterocycles. The molecule has 0 saturated carbocycles. The van der Waals surface area contributed by atoms with Crippen molar-refractivity contribution in [2.24, 2.45) is 5.92 Å². The second kappa shape index (κ2) is 7.00. The van der Waals surface area contributed by atoms with E-state index in [1.54, 1.807) is 7.11 Å². The van der Waals surface area contributed by atoms with Crippen molar-refractivity contribution in [1.29, 1.82) is 0 Å². The fourth-order valence-corrected chi connectivity index (χ4v) is 4.05. The van der Waals surface area contributed by atoms with E-state index >= 15 is 0 Å². The predicted octanol–water partition coefficient (Wildman–Crippen LogP) is 4.12. The van der Waals surface area contributed by atoms with Crippen molar-refractivity contribution in [1.82, 2.24) is 0 Å². The molecule has 4 rings (SSSR count). The summed E-state index contributed by atoms with van der Waals surface area (Å²) >= 11 is 0. The van der Waals surface area contributed by atoms with Crippen LogP contribution >= 0.6 is 0 Å². The molecule has 1 unspecified atom stereocenters. The number of esters is 1. The summed E-state index contributed by atoms with van der Waals surface area (Å²) in [6.07, 6.45) is 2.21. The monoisotopic (exact) mass is 353 g/mol. The van der Waals surface area contributed by atoms with Crippen molar-refractivity contribution in [2.75, 3.05) is 26.1 Å². The lowest BCUT2D eigenvalue weighted by molar-refractivity contribution is -0.0382. The molecule has 0 amide bonds. The average molecular weight is 353 g/mol. The molecule has 2 aromatic carbocycles. The first-order valence-electron chi connectivity index (χ1n) is 8.95. The SMILES string of the molecule is COC(=O)c1ccc(C2Nc3ccc(OC)cc3[C@H]3OCCC[C@@H]23)cc1. The molecule has 1 N–H and O–H groups in total. The topological polar surface area (TPSA) is 56.8 Å². The number of carbonyl (C=O) groups is 1. The van der Waals surface area contributed by atoms with E-state index in [0.29, 0.717) is 11.5 Å². The van der Waals surface area contributed by atoms with Gasteiger partial charge in [-0.25, -0.2) is 4.79 Å². The summed E-state index contributed by atoms with van der Waals surface area (Å²) in [5.41, 5.74) is 3.96. The van der Waals surface area contributed by atoms with Crippen molar-refractivity contribution < 1.29 is 19.0 Å². The fourth-order valence-electron chi connectivity index (χ4n) is 4.05. The summed E-state index contributed by atoms with van der Waals surface area (Å²) in [6, 6.07) is 13.9. The van der Waals surface area contributed by atoms with Crippen LogP contribution in [0.1, 0.15) is 46.5 Å². The Balaban J connectivity index is 1.69. The van der Waals surface area contributed by atoms with Crippen molar-refractivity contribution in [3.63, 3.8) is 0 Å². The zero-order valence-electron chi connectivity index (χ0n) is 15.0. The molecule has 0 radical (unpaired) electrons. The van der Waals surface area contributed by atoms with Crippen LogP contribution in [-0.2, 0) is 9.47 Å². The summed E-state index contributed by atoms with van der Waals surface area (Å²) in [5, 5.41) is 3.67. The molecular weight excluding hydrogens is 330 g/mol. The molecule has 5 heteroatoms. The Morgan fingerprint density at radius 1 is 1.15 bits per heavy atom. The first-order valence-corrected chi connectivity index (χ1v) is 8.95. The number of benzene rings is 2. The summed E-state index contributed by atoms with van der Waals surface area (Å²) in [4.78, 5) is 11.7. The fraction of sp³-hybridized carbons (Fsp3) is 0.381. The maximum absolute atomic E-state index is 11.7. The largest absolute Gasteiger partial charge is 0.497 e. The van der Waals surface area contributed by atoms with Gasteiger partial charge in [0.15, 0.2) is 0 Å². The van der Waals surface area contributed by atoms with E-state index in [9.17, 15) is 4.79 Å². The van der Waals surface area contributed by atoms with Crippen LogP contribution in [0.5, 0.6) is 5.75 Å². The molecule has 2 aliphatic heterocycles. The van der Waals surface area contributed by atoms with E-state index in [1.807, 2.05) is 30.3 Å². The first kappa shape index (κ1) is 16.9. The molecule has 2 aromatic rings. The van der Waals surface area contributed by atoms with Gasteiger partial charge in [-0.2, -0.15) is 0 Å². The molecule has 0 aromatic heterocycles. The molecule has 3 atom stereocenters. The van der Waals surface area contributed by atoms with Gasteiger partial charge in [0.25, 0.3) is 0 Å². The van der Waals surface area contributed by atoms with Crippen LogP contribution in [0, 0.1) is 5.92 Å². The highest BCUT2D eigenvalue weighted by molar-refractivity contribution is 5.89. The minimum absolute atomic E-state index is 0.0559. The quantitative estimate of drug-likeness (QED) is 0.842. The Bertz CT molecular complexity index is 802. The normalized spacial score (nSPS) is 24.0. The molecule has 0 spiro atoms. The van der Waals surface area contributed by atoms with Crippen LogP contribution in [0.2, 0.25) is 0 Å². The summed E-state index contributed by atoms with van der Waals surface area (Å²) < 4.78 is 16.3. The minimum atomic E-state index is -0.315. The predicted molar refractivity (Wildman–Crippen MR) is 98.6 cm³/mol. The van der Waals surface area contributed by atoms with Crippen LogP contribution < -0.4 is 10.1 Å². The molecule has 5 nitrogen and oxygen atoms in total. The van der Waals surface area contributed by atoms with Gasteiger partial charge in [-0.05, 0) is 48.7 Å². The molecule has 2 heterocycles. The molecule has 0 aliphatic carbocycles. The third kappa shape index (κ3) is 2.92. The smallest absolute Gasteiger partial charge is 0.337 e. The van der Waals surface area contributed by atoms with Gasteiger partial charge < -0.3 is 19.5 Å². The Hall–Kier alpha value is -2.53. The molecule has 136 valence electrons. The van der Waals surface area contributed by atoms with E-state index in [2.05, 4.69) is 17.4 Å². The highest BCUT2D eigenvalue weighted by Crippen LogP contribution is 2.49. The molecular formula is C21H23NO4. The number of hydrogen-bond acceptors (Lipinski definition) is 5. The summed E-state index contributed by atoms with van der Waals surface area (Å²) in [5.74, 6) is 0.871. The number of carbonyl (C=O) groups excluding carboxylic acids is 1. The standard InChI is InChI=1S/C21H23NO4/c1-24-15-9-10-18-17(12-15)20-16(4-3-11-26-20)19(22-18)13-5-7-14(8-6-13)21(23)25-2/h5-10,12,16,19-20,22H,3-4,11H2,1-2H3/t16-,19?,20-/m0/s1. The van der Waals surface area contributed by atoms with Gasteiger partial charge in [0.1, 0.15) is 5.75 Å². The molecule has 0 bridgehead atoms. The van der Waals surface area contributed by atoms with Gasteiger partial charge in [0.05, 0.1) is 31.9 Å². The van der Waals surface area contributed by atoms with E-state index in [-0.39, 0.29) is 18.1 Å². The highest BCUT2D eigenvalue weighted by Gasteiger charge is 2.40. The number of hydrogen-bond donors (Lipinski definition) is 1. The second-order valence-corrected chi connectivity index (χ2v) is 6.79. The molecule has 1 fully saturated rings. The molecule has 26 heavy (non-hydrogen) atoms. The van der Waals surface area contributed by atoms with E-state index in [4.69, 9.17) is 14.2 Å². The summed E-state index contributed by atoms with van der Waals surface area (Å²) in [7, 11) is 3.08. The van der Waals surface area contributed by atoms with Gasteiger partial charge in [-0.3, -0.25) is 0 Å². The summed E-state index contributed by atoms with van der Waals surface area (Å²) in [6.45, 7) is 0.784. The maximum Gasteiger partial charge on any atom is 0.337 e. The number of rotatable bonds is 3. The Morgan fingerprint density at radius 2 is 1.96 bits per heavy atom. The van der Waals surface area contributed by atoms with Crippen LogP contribution in [0.3, 0.4) is 0 Å². The van der Waals surface area contributed by atoms with Crippen molar-refractivity contribution in [3.05, 3.63) is 59.2 Å². The highest BCUT2D eigenvalue weighted by atomic mass is 16.5. The van der Waals surface area contributed by atoms with Crippen LogP contribution in [0.15, 0.2) is 42.5 Å². The second-order valence-electron chi connectivity index (χ2n) is 6.79. The Morgan fingerprint density at radius 3 is 2.69 bits per heavy atom. The van der Waals surface area contributed by atoms with Crippen LogP contribution in [0.4, 0.5) is 5.69 Å². The van der Waals surface area contributed by atoms with Crippen LogP contribution in [0.25, 0.3) is 0 Å². The van der Waals surface area contributed by atoms with Crippen molar-refractivity contribution in [2.45, 2.75) is 25.0 Å². The lowest BCUT2D eigenvalue weighted by atomic mass is 9.77. The van der Waals surface area contributed by atoms with E-state index in [0.717, 1.165) is 42.0 Å². The number of methoxy groups -OCH3 is 2. The average Bonchev–Trinajstić information content (AvgIpc) is 2.72. The first-order chi connectivity index (χ1) is 12.7. The minimum Gasteiger partial charge on any atom is -0.497 e. The zero-order chi connectivity index (χ0) is 18.1. The molecule has 2 aliphatic rings.